The number of hydrogen-bond acceptors (Lipinski definition) is 3. The van der Waals surface area contributed by atoms with Crippen molar-refractivity contribution in [3.8, 4) is 0 Å². The molecule has 0 spiro atoms. The fourth-order valence-electron chi connectivity index (χ4n) is 1.74. The maximum atomic E-state index is 5.87. The molecule has 0 aromatic rings. The van der Waals surface area contributed by atoms with Gasteiger partial charge in [0.1, 0.15) is 0 Å². The van der Waals surface area contributed by atoms with Crippen LogP contribution in [0.25, 0.3) is 0 Å². The highest BCUT2D eigenvalue weighted by Gasteiger charge is 2.32. The Kier molecular flexibility index (Phi) is 4.56. The molecule has 0 aliphatic heterocycles. The number of nitrogens with one attached hydrogen (secondary N) is 2. The van der Waals surface area contributed by atoms with Crippen LogP contribution >= 0.6 is 0 Å². The number of rotatable bonds is 5. The lowest BCUT2D eigenvalue weighted by molar-refractivity contribution is -0.102. The molecule has 15 heavy (non-hydrogen) atoms. The highest BCUT2D eigenvalue weighted by Crippen LogP contribution is 2.27. The quantitative estimate of drug-likeness (QED) is 0.686. The van der Waals surface area contributed by atoms with Crippen molar-refractivity contribution < 1.29 is 4.74 Å². The van der Waals surface area contributed by atoms with Crippen LogP contribution in [0.5, 0.6) is 0 Å². The highest BCUT2D eigenvalue weighted by atomic mass is 16.5. The van der Waals surface area contributed by atoms with Gasteiger partial charge in [0, 0.05) is 18.8 Å². The maximum Gasteiger partial charge on any atom is 0.0612 e. The van der Waals surface area contributed by atoms with Crippen LogP contribution in [-0.2, 0) is 4.74 Å². The summed E-state index contributed by atoms with van der Waals surface area (Å²) in [4.78, 5) is 0. The summed E-state index contributed by atoms with van der Waals surface area (Å²) < 4.78 is 5.87. The third-order valence-corrected chi connectivity index (χ3v) is 2.52. The summed E-state index contributed by atoms with van der Waals surface area (Å²) in [6, 6.07) is 1.20. The van der Waals surface area contributed by atoms with Gasteiger partial charge in [-0.05, 0) is 47.5 Å². The lowest BCUT2D eigenvalue weighted by Gasteiger charge is -2.39. The van der Waals surface area contributed by atoms with Crippen molar-refractivity contribution in [1.82, 2.24) is 10.6 Å². The van der Waals surface area contributed by atoms with Crippen molar-refractivity contribution in [2.24, 2.45) is 0 Å². The summed E-state index contributed by atoms with van der Waals surface area (Å²) in [5.41, 5.74) is 0.00577. The Balaban J connectivity index is 2.01. The molecule has 0 radical (unpaired) electrons. The second-order valence-corrected chi connectivity index (χ2v) is 5.76. The Morgan fingerprint density at radius 2 is 1.87 bits per heavy atom. The van der Waals surface area contributed by atoms with Gasteiger partial charge in [-0.25, -0.2) is 0 Å². The third-order valence-electron chi connectivity index (χ3n) is 2.52. The van der Waals surface area contributed by atoms with Gasteiger partial charge < -0.3 is 15.4 Å². The smallest absolute Gasteiger partial charge is 0.0612 e. The van der Waals surface area contributed by atoms with E-state index in [0.717, 1.165) is 19.5 Å². The maximum absolute atomic E-state index is 5.87. The molecule has 90 valence electrons. The second-order valence-electron chi connectivity index (χ2n) is 5.76. The number of ether oxygens (including phenoxy) is 1. The molecular weight excluding hydrogens is 188 g/mol. The van der Waals surface area contributed by atoms with Crippen LogP contribution in [0.3, 0.4) is 0 Å². The van der Waals surface area contributed by atoms with Crippen molar-refractivity contribution >= 4 is 0 Å². The van der Waals surface area contributed by atoms with E-state index in [1.165, 1.54) is 0 Å². The van der Waals surface area contributed by atoms with Gasteiger partial charge >= 0.3 is 0 Å². The average Bonchev–Trinajstić information content (AvgIpc) is 1.96. The lowest BCUT2D eigenvalue weighted by Crippen LogP contribution is -2.50. The molecule has 0 aromatic heterocycles. The van der Waals surface area contributed by atoms with E-state index in [9.17, 15) is 0 Å². The van der Waals surface area contributed by atoms with Gasteiger partial charge in [0.15, 0.2) is 0 Å². The molecular formula is C12H26N2O. The van der Waals surface area contributed by atoms with E-state index in [1.807, 2.05) is 0 Å². The van der Waals surface area contributed by atoms with Crippen LogP contribution < -0.4 is 10.6 Å². The lowest BCUT2D eigenvalue weighted by atomic mass is 9.89. The molecule has 0 bridgehead atoms. The first-order valence-electron chi connectivity index (χ1n) is 6.01. The first-order valence-corrected chi connectivity index (χ1v) is 6.01. The van der Waals surface area contributed by atoms with Crippen molar-refractivity contribution in [2.75, 3.05) is 6.67 Å². The molecule has 1 aliphatic rings. The molecule has 0 atom stereocenters. The third kappa shape index (κ3) is 5.50. The fourth-order valence-corrected chi connectivity index (χ4v) is 1.74. The van der Waals surface area contributed by atoms with E-state index in [2.05, 4.69) is 45.3 Å². The van der Waals surface area contributed by atoms with Crippen molar-refractivity contribution in [3.05, 3.63) is 0 Å². The molecule has 2 N–H and O–H groups in total. The van der Waals surface area contributed by atoms with Crippen LogP contribution in [0.15, 0.2) is 0 Å². The molecule has 0 amide bonds. The second kappa shape index (κ2) is 5.28. The zero-order valence-corrected chi connectivity index (χ0v) is 10.8. The van der Waals surface area contributed by atoms with Crippen LogP contribution in [0.4, 0.5) is 0 Å². The van der Waals surface area contributed by atoms with Crippen molar-refractivity contribution in [3.63, 3.8) is 0 Å². The summed E-state index contributed by atoms with van der Waals surface area (Å²) in [5, 5.41) is 6.83. The molecule has 0 aromatic carbocycles. The molecule has 1 rings (SSSR count). The van der Waals surface area contributed by atoms with Crippen molar-refractivity contribution in [1.29, 1.82) is 0 Å². The summed E-state index contributed by atoms with van der Waals surface area (Å²) >= 11 is 0. The van der Waals surface area contributed by atoms with E-state index >= 15 is 0 Å². The summed E-state index contributed by atoms with van der Waals surface area (Å²) in [6.07, 6.45) is 2.76. The number of hydrogen-bond donors (Lipinski definition) is 2. The van der Waals surface area contributed by atoms with Gasteiger partial charge in [-0.1, -0.05) is 0 Å². The molecule has 0 heterocycles. The summed E-state index contributed by atoms with van der Waals surface area (Å²) in [5.74, 6) is 0. The Bertz CT molecular complexity index is 181. The SMILES string of the molecule is CC(C)NCNC1CC(OC(C)(C)C)C1. The Morgan fingerprint density at radius 1 is 1.27 bits per heavy atom. The van der Waals surface area contributed by atoms with Gasteiger partial charge in [-0.15, -0.1) is 0 Å². The van der Waals surface area contributed by atoms with Gasteiger partial charge in [-0.2, -0.15) is 0 Å². The average molecular weight is 214 g/mol. The molecule has 3 heteroatoms. The zero-order chi connectivity index (χ0) is 11.5. The minimum Gasteiger partial charge on any atom is -0.373 e. The van der Waals surface area contributed by atoms with E-state index in [1.54, 1.807) is 0 Å². The van der Waals surface area contributed by atoms with E-state index in [-0.39, 0.29) is 5.60 Å². The van der Waals surface area contributed by atoms with Crippen LogP contribution in [0.2, 0.25) is 0 Å². The molecule has 1 fully saturated rings. The van der Waals surface area contributed by atoms with Gasteiger partial charge in [-0.3, -0.25) is 0 Å². The van der Waals surface area contributed by atoms with Crippen LogP contribution in [-0.4, -0.2) is 30.5 Å². The minimum atomic E-state index is 0.00577. The van der Waals surface area contributed by atoms with E-state index in [0.29, 0.717) is 18.2 Å². The first kappa shape index (κ1) is 12.9. The Morgan fingerprint density at radius 3 is 2.33 bits per heavy atom. The van der Waals surface area contributed by atoms with E-state index < -0.39 is 0 Å². The molecule has 3 nitrogen and oxygen atoms in total. The Hall–Kier alpha value is -0.120. The monoisotopic (exact) mass is 214 g/mol. The Labute approximate surface area is 94.0 Å². The summed E-state index contributed by atoms with van der Waals surface area (Å²) in [7, 11) is 0. The molecule has 0 unspecified atom stereocenters. The normalized spacial score (nSPS) is 26.8. The molecule has 1 saturated carbocycles. The van der Waals surface area contributed by atoms with E-state index in [4.69, 9.17) is 4.74 Å². The predicted octanol–water partition coefficient (Wildman–Crippen LogP) is 1.88. The standard InChI is InChI=1S/C12H26N2O/c1-9(2)13-8-14-10-6-11(7-10)15-12(3,4)5/h9-11,13-14H,6-8H2,1-5H3. The molecule has 0 saturated heterocycles. The highest BCUT2D eigenvalue weighted by molar-refractivity contribution is 4.87. The topological polar surface area (TPSA) is 33.3 Å². The minimum absolute atomic E-state index is 0.00577. The fraction of sp³-hybridized carbons (Fsp3) is 1.00. The first-order chi connectivity index (χ1) is 6.87. The van der Waals surface area contributed by atoms with Gasteiger partial charge in [0.05, 0.1) is 11.7 Å². The zero-order valence-electron chi connectivity index (χ0n) is 10.8. The van der Waals surface area contributed by atoms with Crippen LogP contribution in [0, 0.1) is 0 Å². The molecule has 1 aliphatic carbocycles. The predicted molar refractivity (Wildman–Crippen MR) is 63.9 cm³/mol. The van der Waals surface area contributed by atoms with Crippen LogP contribution in [0.1, 0.15) is 47.5 Å². The summed E-state index contributed by atoms with van der Waals surface area (Å²) in [6.45, 7) is 11.6. The van der Waals surface area contributed by atoms with Crippen molar-refractivity contribution in [2.45, 2.75) is 71.2 Å². The largest absolute Gasteiger partial charge is 0.373 e. The van der Waals surface area contributed by atoms with Gasteiger partial charge in [0.2, 0.25) is 0 Å². The van der Waals surface area contributed by atoms with Gasteiger partial charge in [0.25, 0.3) is 0 Å².